The lowest BCUT2D eigenvalue weighted by Crippen LogP contribution is -2.47. The summed E-state index contributed by atoms with van der Waals surface area (Å²) < 4.78 is 16.6. The number of rotatable bonds is 11. The molecule has 3 N–H and O–H groups in total. The standard InChI is InChI=1S/C28H54N2O5/c1-26(2,3)35-25(32)33-19-27(4,5)18-28(6,7)34-24(31)30-23-15-11-21(12-16-23)17-20-9-13-22(29-8)14-10-20/h20-24,29-31H,9-19H2,1-8H3. The van der Waals surface area contributed by atoms with Crippen LogP contribution in [0.15, 0.2) is 0 Å². The summed E-state index contributed by atoms with van der Waals surface area (Å²) in [5.41, 5.74) is -1.49. The number of aliphatic hydroxyl groups excluding tert-OH is 1. The first-order valence-electron chi connectivity index (χ1n) is 13.8. The number of hydrogen-bond donors (Lipinski definition) is 3. The molecule has 2 fully saturated rings. The second-order valence-electron chi connectivity index (χ2n) is 13.5. The maximum atomic E-state index is 11.9. The lowest BCUT2D eigenvalue weighted by Gasteiger charge is -2.38. The molecule has 0 heterocycles. The van der Waals surface area contributed by atoms with Crippen molar-refractivity contribution >= 4 is 6.16 Å². The van der Waals surface area contributed by atoms with Crippen LogP contribution < -0.4 is 10.6 Å². The fourth-order valence-electron chi connectivity index (χ4n) is 6.04. The Hall–Kier alpha value is -0.890. The molecular formula is C28H54N2O5. The SMILES string of the molecule is CNC1CCC(CC2CCC(NC(O)OC(C)(C)CC(C)(C)COC(=O)OC(C)(C)C)CC2)CC1. The van der Waals surface area contributed by atoms with Crippen LogP contribution in [0.25, 0.3) is 0 Å². The van der Waals surface area contributed by atoms with E-state index in [4.69, 9.17) is 14.2 Å². The van der Waals surface area contributed by atoms with Crippen LogP contribution in [0.2, 0.25) is 0 Å². The molecule has 0 radical (unpaired) electrons. The highest BCUT2D eigenvalue weighted by atomic mass is 16.7. The van der Waals surface area contributed by atoms with Gasteiger partial charge in [0, 0.05) is 17.5 Å². The van der Waals surface area contributed by atoms with Crippen LogP contribution in [0, 0.1) is 17.3 Å². The third-order valence-corrected chi connectivity index (χ3v) is 7.45. The van der Waals surface area contributed by atoms with E-state index in [9.17, 15) is 9.90 Å². The first kappa shape index (κ1) is 30.3. The van der Waals surface area contributed by atoms with E-state index in [1.165, 1.54) is 44.9 Å². The molecule has 206 valence electrons. The van der Waals surface area contributed by atoms with Crippen molar-refractivity contribution in [3.63, 3.8) is 0 Å². The molecule has 0 bridgehead atoms. The van der Waals surface area contributed by atoms with Crippen molar-refractivity contribution in [1.82, 2.24) is 10.6 Å². The number of carbonyl (C=O) groups is 1. The molecule has 1 atom stereocenters. The van der Waals surface area contributed by atoms with Crippen LogP contribution in [-0.4, -0.2) is 54.6 Å². The van der Waals surface area contributed by atoms with Gasteiger partial charge >= 0.3 is 6.16 Å². The molecule has 0 aliphatic heterocycles. The zero-order chi connectivity index (χ0) is 26.3. The molecular weight excluding hydrogens is 444 g/mol. The van der Waals surface area contributed by atoms with Crippen LogP contribution in [0.1, 0.15) is 113 Å². The van der Waals surface area contributed by atoms with Crippen molar-refractivity contribution in [2.24, 2.45) is 17.3 Å². The topological polar surface area (TPSA) is 89.0 Å². The van der Waals surface area contributed by atoms with Gasteiger partial charge in [-0.05, 0) is 118 Å². The number of aliphatic hydroxyl groups is 1. The Kier molecular flexibility index (Phi) is 11.3. The van der Waals surface area contributed by atoms with E-state index < -0.39 is 23.8 Å². The highest BCUT2D eigenvalue weighted by Crippen LogP contribution is 2.36. The van der Waals surface area contributed by atoms with E-state index in [0.29, 0.717) is 12.5 Å². The van der Waals surface area contributed by atoms with Gasteiger partial charge in [-0.3, -0.25) is 5.32 Å². The number of carbonyl (C=O) groups excluding carboxylic acids is 1. The second kappa shape index (κ2) is 13.1. The van der Waals surface area contributed by atoms with Crippen LogP contribution in [-0.2, 0) is 14.2 Å². The third-order valence-electron chi connectivity index (χ3n) is 7.45. The lowest BCUT2D eigenvalue weighted by molar-refractivity contribution is -0.203. The molecule has 2 aliphatic carbocycles. The van der Waals surface area contributed by atoms with Gasteiger partial charge in [0.15, 0.2) is 0 Å². The summed E-state index contributed by atoms with van der Waals surface area (Å²) >= 11 is 0. The minimum absolute atomic E-state index is 0.221. The molecule has 1 unspecified atom stereocenters. The molecule has 0 aromatic rings. The van der Waals surface area contributed by atoms with Crippen molar-refractivity contribution in [2.45, 2.75) is 142 Å². The monoisotopic (exact) mass is 498 g/mol. The predicted molar refractivity (Wildman–Crippen MR) is 140 cm³/mol. The molecule has 0 aromatic carbocycles. The molecule has 0 spiro atoms. The van der Waals surface area contributed by atoms with E-state index in [0.717, 1.165) is 30.7 Å². The van der Waals surface area contributed by atoms with E-state index in [-0.39, 0.29) is 12.0 Å². The summed E-state index contributed by atoms with van der Waals surface area (Å²) in [5.74, 6) is 1.72. The Labute approximate surface area is 214 Å². The number of nitrogens with one attached hydrogen (secondary N) is 2. The normalized spacial score (nSPS) is 27.3. The summed E-state index contributed by atoms with van der Waals surface area (Å²) in [5, 5.41) is 17.3. The summed E-state index contributed by atoms with van der Waals surface area (Å²) in [6.07, 6.45) is 10.3. The molecule has 0 aromatic heterocycles. The molecule has 2 aliphatic rings. The Bertz CT molecular complexity index is 630. The quantitative estimate of drug-likeness (QED) is 0.247. The third kappa shape index (κ3) is 12.3. The van der Waals surface area contributed by atoms with Gasteiger partial charge in [-0.2, -0.15) is 0 Å². The molecule has 2 saturated carbocycles. The van der Waals surface area contributed by atoms with Crippen LogP contribution >= 0.6 is 0 Å². The molecule has 2 rings (SSSR count). The first-order valence-corrected chi connectivity index (χ1v) is 13.8. The molecule has 0 amide bonds. The second-order valence-corrected chi connectivity index (χ2v) is 13.5. The van der Waals surface area contributed by atoms with Crippen molar-refractivity contribution in [2.75, 3.05) is 13.7 Å². The Morgan fingerprint density at radius 2 is 1.40 bits per heavy atom. The zero-order valence-corrected chi connectivity index (χ0v) is 23.7. The molecule has 7 nitrogen and oxygen atoms in total. The Balaban J connectivity index is 1.68. The van der Waals surface area contributed by atoms with Gasteiger partial charge in [-0.1, -0.05) is 13.8 Å². The smallest absolute Gasteiger partial charge is 0.434 e. The summed E-state index contributed by atoms with van der Waals surface area (Å²) in [7, 11) is 2.08. The van der Waals surface area contributed by atoms with E-state index in [1.54, 1.807) is 0 Å². The van der Waals surface area contributed by atoms with Crippen molar-refractivity contribution in [3.8, 4) is 0 Å². The fourth-order valence-corrected chi connectivity index (χ4v) is 6.04. The van der Waals surface area contributed by atoms with Gasteiger partial charge in [0.05, 0.1) is 5.60 Å². The van der Waals surface area contributed by atoms with E-state index in [2.05, 4.69) is 17.7 Å². The summed E-state index contributed by atoms with van der Waals surface area (Å²) in [6.45, 7) is 13.6. The highest BCUT2D eigenvalue weighted by Gasteiger charge is 2.34. The van der Waals surface area contributed by atoms with Gasteiger partial charge in [-0.25, -0.2) is 4.79 Å². The van der Waals surface area contributed by atoms with Gasteiger partial charge in [0.2, 0.25) is 6.41 Å². The van der Waals surface area contributed by atoms with Crippen molar-refractivity contribution < 1.29 is 24.1 Å². The Morgan fingerprint density at radius 1 is 0.886 bits per heavy atom. The summed E-state index contributed by atoms with van der Waals surface area (Å²) in [4.78, 5) is 11.9. The van der Waals surface area contributed by atoms with Crippen molar-refractivity contribution in [1.29, 1.82) is 0 Å². The van der Waals surface area contributed by atoms with E-state index in [1.807, 2.05) is 48.5 Å². The van der Waals surface area contributed by atoms with Crippen LogP contribution in [0.4, 0.5) is 4.79 Å². The summed E-state index contributed by atoms with van der Waals surface area (Å²) in [6, 6.07) is 1.01. The van der Waals surface area contributed by atoms with Gasteiger partial charge in [0.1, 0.15) is 12.2 Å². The minimum Gasteiger partial charge on any atom is -0.434 e. The minimum atomic E-state index is -1.01. The molecule has 7 heteroatoms. The van der Waals surface area contributed by atoms with E-state index >= 15 is 0 Å². The van der Waals surface area contributed by atoms with Crippen LogP contribution in [0.3, 0.4) is 0 Å². The molecule has 0 saturated heterocycles. The van der Waals surface area contributed by atoms with Gasteiger partial charge in [-0.15, -0.1) is 0 Å². The lowest BCUT2D eigenvalue weighted by atomic mass is 9.76. The average molecular weight is 499 g/mol. The number of hydrogen-bond acceptors (Lipinski definition) is 7. The highest BCUT2D eigenvalue weighted by molar-refractivity contribution is 5.60. The average Bonchev–Trinajstić information content (AvgIpc) is 2.72. The predicted octanol–water partition coefficient (Wildman–Crippen LogP) is 5.74. The van der Waals surface area contributed by atoms with Crippen LogP contribution in [0.5, 0.6) is 0 Å². The zero-order valence-electron chi connectivity index (χ0n) is 23.7. The maximum absolute atomic E-state index is 11.9. The van der Waals surface area contributed by atoms with Gasteiger partial charge in [0.25, 0.3) is 0 Å². The molecule has 35 heavy (non-hydrogen) atoms. The van der Waals surface area contributed by atoms with Crippen molar-refractivity contribution in [3.05, 3.63) is 0 Å². The maximum Gasteiger partial charge on any atom is 0.508 e. The van der Waals surface area contributed by atoms with Gasteiger partial charge < -0.3 is 24.6 Å². The fraction of sp³-hybridized carbons (Fsp3) is 0.964. The number of ether oxygens (including phenoxy) is 3. The largest absolute Gasteiger partial charge is 0.508 e. The first-order chi connectivity index (χ1) is 16.2. The Morgan fingerprint density at radius 3 is 1.89 bits per heavy atom.